The summed E-state index contributed by atoms with van der Waals surface area (Å²) in [6, 6.07) is 6.51. The van der Waals surface area contributed by atoms with Crippen LogP contribution in [0.2, 0.25) is 0 Å². The van der Waals surface area contributed by atoms with Crippen LogP contribution in [-0.2, 0) is 14.6 Å². The van der Waals surface area contributed by atoms with E-state index in [2.05, 4.69) is 16.2 Å². The zero-order valence-electron chi connectivity index (χ0n) is 13.6. The first-order chi connectivity index (χ1) is 10.9. The maximum atomic E-state index is 12.0. The Morgan fingerprint density at radius 2 is 1.87 bits per heavy atom. The molecule has 0 aliphatic carbocycles. The second-order valence-corrected chi connectivity index (χ2v) is 8.17. The van der Waals surface area contributed by atoms with Gasteiger partial charge < -0.3 is 5.32 Å². The van der Waals surface area contributed by atoms with Gasteiger partial charge >= 0.3 is 0 Å². The number of hydrazine groups is 1. The molecule has 1 aliphatic rings. The third kappa shape index (κ3) is 5.60. The number of rotatable bonds is 7. The summed E-state index contributed by atoms with van der Waals surface area (Å²) in [5, 5.41) is 2.96. The number of carbonyl (C=O) groups is 1. The summed E-state index contributed by atoms with van der Waals surface area (Å²) in [5.74, 6) is 0.632. The van der Waals surface area contributed by atoms with E-state index >= 15 is 0 Å². The highest BCUT2D eigenvalue weighted by molar-refractivity contribution is 7.90. The Bertz CT molecular complexity index is 622. The summed E-state index contributed by atoms with van der Waals surface area (Å²) in [4.78, 5) is 12.3. The second-order valence-electron chi connectivity index (χ2n) is 6.15. The molecule has 128 valence electrons. The fourth-order valence-corrected chi connectivity index (χ4v) is 3.29. The quantitative estimate of drug-likeness (QED) is 0.694. The van der Waals surface area contributed by atoms with Gasteiger partial charge in [0.25, 0.3) is 0 Å². The summed E-state index contributed by atoms with van der Waals surface area (Å²) < 4.78 is 22.9. The average Bonchev–Trinajstić information content (AvgIpc) is 2.99. The topological polar surface area (TPSA) is 87.3 Å². The molecule has 1 aromatic carbocycles. The number of benzene rings is 1. The summed E-state index contributed by atoms with van der Waals surface area (Å²) in [6.45, 7) is 3.83. The van der Waals surface area contributed by atoms with Gasteiger partial charge in [-0.3, -0.25) is 15.6 Å². The molecule has 6 nitrogen and oxygen atoms in total. The van der Waals surface area contributed by atoms with Crippen LogP contribution >= 0.6 is 0 Å². The van der Waals surface area contributed by atoms with E-state index in [1.807, 2.05) is 6.92 Å². The van der Waals surface area contributed by atoms with Crippen LogP contribution in [0.4, 0.5) is 0 Å². The standard InChI is InChI=1S/C16H25N3O3S/c1-12(14-6-8-15(9-7-14)23(2,21)22)19-16(20)5-3-4-13-10-17-18-11-13/h6-9,12-13,17-18H,3-5,10-11H2,1-2H3,(H,19,20). The lowest BCUT2D eigenvalue weighted by molar-refractivity contribution is -0.121. The van der Waals surface area contributed by atoms with Crippen molar-refractivity contribution in [3.05, 3.63) is 29.8 Å². The lowest BCUT2D eigenvalue weighted by Gasteiger charge is -2.15. The zero-order valence-corrected chi connectivity index (χ0v) is 14.4. The van der Waals surface area contributed by atoms with E-state index in [4.69, 9.17) is 0 Å². The lowest BCUT2D eigenvalue weighted by atomic mass is 10.0. The third-order valence-corrected chi connectivity index (χ3v) is 5.24. The Hall–Kier alpha value is -1.44. The first kappa shape index (κ1) is 17.9. The molecule has 0 bridgehead atoms. The van der Waals surface area contributed by atoms with Crippen LogP contribution in [0.1, 0.15) is 37.8 Å². The van der Waals surface area contributed by atoms with E-state index in [1.165, 1.54) is 6.26 Å². The van der Waals surface area contributed by atoms with Crippen LogP contribution in [0, 0.1) is 5.92 Å². The molecule has 1 fully saturated rings. The van der Waals surface area contributed by atoms with E-state index < -0.39 is 9.84 Å². The molecule has 1 amide bonds. The molecule has 0 radical (unpaired) electrons. The number of hydrogen-bond acceptors (Lipinski definition) is 5. The summed E-state index contributed by atoms with van der Waals surface area (Å²) in [7, 11) is -3.19. The van der Waals surface area contributed by atoms with Gasteiger partial charge in [-0.15, -0.1) is 0 Å². The third-order valence-electron chi connectivity index (χ3n) is 4.11. The van der Waals surface area contributed by atoms with E-state index in [1.54, 1.807) is 24.3 Å². The number of carbonyl (C=O) groups excluding carboxylic acids is 1. The van der Waals surface area contributed by atoms with E-state index in [-0.39, 0.29) is 11.9 Å². The monoisotopic (exact) mass is 339 g/mol. The molecule has 1 aliphatic heterocycles. The normalized spacial score (nSPS) is 17.1. The highest BCUT2D eigenvalue weighted by Crippen LogP contribution is 2.17. The number of amides is 1. The van der Waals surface area contributed by atoms with Crippen molar-refractivity contribution >= 4 is 15.7 Å². The number of hydrogen-bond donors (Lipinski definition) is 3. The summed E-state index contributed by atoms with van der Waals surface area (Å²) in [5.41, 5.74) is 7.07. The Labute approximate surface area is 137 Å². The van der Waals surface area contributed by atoms with Gasteiger partial charge in [-0.2, -0.15) is 0 Å². The molecule has 1 unspecified atom stereocenters. The van der Waals surface area contributed by atoms with Crippen molar-refractivity contribution in [3.8, 4) is 0 Å². The lowest BCUT2D eigenvalue weighted by Crippen LogP contribution is -2.26. The number of sulfone groups is 1. The minimum absolute atomic E-state index is 0.0311. The Kier molecular flexibility index (Phi) is 6.15. The first-order valence-electron chi connectivity index (χ1n) is 7.91. The van der Waals surface area contributed by atoms with Crippen molar-refractivity contribution in [1.82, 2.24) is 16.2 Å². The van der Waals surface area contributed by atoms with Crippen molar-refractivity contribution in [1.29, 1.82) is 0 Å². The molecule has 1 atom stereocenters. The molecule has 1 aromatic rings. The van der Waals surface area contributed by atoms with E-state index in [9.17, 15) is 13.2 Å². The molecule has 3 N–H and O–H groups in total. The van der Waals surface area contributed by atoms with Gasteiger partial charge in [0.1, 0.15) is 0 Å². The summed E-state index contributed by atoms with van der Waals surface area (Å²) in [6.07, 6.45) is 3.61. The predicted octanol–water partition coefficient (Wildman–Crippen LogP) is 1.16. The van der Waals surface area contributed by atoms with Crippen LogP contribution < -0.4 is 16.2 Å². The highest BCUT2D eigenvalue weighted by Gasteiger charge is 2.15. The van der Waals surface area contributed by atoms with Gasteiger partial charge in [-0.25, -0.2) is 8.42 Å². The molecule has 23 heavy (non-hydrogen) atoms. The van der Waals surface area contributed by atoms with Gasteiger partial charge in [-0.05, 0) is 43.4 Å². The molecule has 0 saturated carbocycles. The van der Waals surface area contributed by atoms with Crippen molar-refractivity contribution in [2.24, 2.45) is 5.92 Å². The molecule has 1 saturated heterocycles. The highest BCUT2D eigenvalue weighted by atomic mass is 32.2. The van der Waals surface area contributed by atoms with Crippen molar-refractivity contribution in [2.75, 3.05) is 19.3 Å². The van der Waals surface area contributed by atoms with Gasteiger partial charge in [-0.1, -0.05) is 12.1 Å². The van der Waals surface area contributed by atoms with Gasteiger partial charge in [0.05, 0.1) is 10.9 Å². The van der Waals surface area contributed by atoms with Gasteiger partial charge in [0.2, 0.25) is 5.91 Å². The maximum Gasteiger partial charge on any atom is 0.220 e. The SMILES string of the molecule is CC(NC(=O)CCCC1CNNC1)c1ccc(S(C)(=O)=O)cc1. The average molecular weight is 339 g/mol. The van der Waals surface area contributed by atoms with Crippen LogP contribution in [-0.4, -0.2) is 33.7 Å². The van der Waals surface area contributed by atoms with Gasteiger partial charge in [0, 0.05) is 25.8 Å². The van der Waals surface area contributed by atoms with Crippen LogP contribution in [0.15, 0.2) is 29.2 Å². The van der Waals surface area contributed by atoms with Crippen LogP contribution in [0.3, 0.4) is 0 Å². The fraction of sp³-hybridized carbons (Fsp3) is 0.562. The molecular weight excluding hydrogens is 314 g/mol. The molecular formula is C16H25N3O3S. The largest absolute Gasteiger partial charge is 0.350 e. The van der Waals surface area contributed by atoms with Crippen molar-refractivity contribution < 1.29 is 13.2 Å². The molecule has 0 spiro atoms. The van der Waals surface area contributed by atoms with Gasteiger partial charge in [0.15, 0.2) is 9.84 Å². The first-order valence-corrected chi connectivity index (χ1v) is 9.80. The van der Waals surface area contributed by atoms with Crippen LogP contribution in [0.25, 0.3) is 0 Å². The van der Waals surface area contributed by atoms with Crippen LogP contribution in [0.5, 0.6) is 0 Å². The fourth-order valence-electron chi connectivity index (χ4n) is 2.66. The molecule has 0 aromatic heterocycles. The Balaban J connectivity index is 1.78. The Morgan fingerprint density at radius 1 is 1.26 bits per heavy atom. The number of nitrogens with one attached hydrogen (secondary N) is 3. The van der Waals surface area contributed by atoms with E-state index in [0.717, 1.165) is 31.5 Å². The van der Waals surface area contributed by atoms with E-state index in [0.29, 0.717) is 17.2 Å². The minimum Gasteiger partial charge on any atom is -0.350 e. The predicted molar refractivity (Wildman–Crippen MR) is 89.5 cm³/mol. The minimum atomic E-state index is -3.19. The molecule has 1 heterocycles. The maximum absolute atomic E-state index is 12.0. The molecule has 7 heteroatoms. The van der Waals surface area contributed by atoms with Crippen molar-refractivity contribution in [3.63, 3.8) is 0 Å². The molecule has 2 rings (SSSR count). The van der Waals surface area contributed by atoms with Crippen molar-refractivity contribution in [2.45, 2.75) is 37.1 Å². The zero-order chi connectivity index (χ0) is 16.9. The Morgan fingerprint density at radius 3 is 2.43 bits per heavy atom. The second kappa shape index (κ2) is 7.90. The summed E-state index contributed by atoms with van der Waals surface area (Å²) >= 11 is 0. The smallest absolute Gasteiger partial charge is 0.220 e.